The largest absolute Gasteiger partial charge is 0.444 e. The highest BCUT2D eigenvalue weighted by molar-refractivity contribution is 5.69. The van der Waals surface area contributed by atoms with Gasteiger partial charge in [0.25, 0.3) is 0 Å². The van der Waals surface area contributed by atoms with Crippen LogP contribution >= 0.6 is 0 Å². The number of amides is 1. The first kappa shape index (κ1) is 18.0. The zero-order valence-corrected chi connectivity index (χ0v) is 14.4. The fourth-order valence-electron chi connectivity index (χ4n) is 2.51. The van der Waals surface area contributed by atoms with Crippen LogP contribution in [0.15, 0.2) is 11.6 Å². The van der Waals surface area contributed by atoms with Gasteiger partial charge in [-0.05, 0) is 46.4 Å². The lowest BCUT2D eigenvalue weighted by atomic mass is 9.89. The molecular weight excluding hydrogens is 268 g/mol. The van der Waals surface area contributed by atoms with Gasteiger partial charge in [0.15, 0.2) is 0 Å². The first-order chi connectivity index (χ1) is 9.56. The Morgan fingerprint density at radius 1 is 1.48 bits per heavy atom. The summed E-state index contributed by atoms with van der Waals surface area (Å²) in [4.78, 5) is 16.2. The van der Waals surface area contributed by atoms with Gasteiger partial charge in [-0.3, -0.25) is 4.90 Å². The third-order valence-corrected chi connectivity index (χ3v) is 3.66. The number of hydrogen-bond donors (Lipinski definition) is 1. The van der Waals surface area contributed by atoms with E-state index >= 15 is 0 Å². The van der Waals surface area contributed by atoms with Gasteiger partial charge in [-0.25, -0.2) is 4.79 Å². The van der Waals surface area contributed by atoms with Gasteiger partial charge in [-0.1, -0.05) is 19.9 Å². The van der Waals surface area contributed by atoms with Crippen molar-refractivity contribution in [3.05, 3.63) is 11.6 Å². The lowest BCUT2D eigenvalue weighted by molar-refractivity contribution is 0.00622. The number of aliphatic hydroxyl groups is 1. The molecule has 0 saturated heterocycles. The maximum atomic E-state index is 12.5. The van der Waals surface area contributed by atoms with Gasteiger partial charge >= 0.3 is 6.09 Å². The summed E-state index contributed by atoms with van der Waals surface area (Å²) in [5.74, 6) is 0.273. The average Bonchev–Trinajstić information content (AvgIpc) is 2.34. The van der Waals surface area contributed by atoms with Gasteiger partial charge in [0.05, 0.1) is 12.6 Å². The molecule has 0 saturated carbocycles. The van der Waals surface area contributed by atoms with E-state index in [0.29, 0.717) is 6.54 Å². The van der Waals surface area contributed by atoms with Gasteiger partial charge in [0.1, 0.15) is 5.60 Å². The molecule has 122 valence electrons. The van der Waals surface area contributed by atoms with Crippen LogP contribution in [0.25, 0.3) is 0 Å². The normalized spacial score (nSPS) is 23.5. The SMILES string of the molecule is CC(C)C1=C[C@@H](N(C)C)CN(C(=O)OC(C)(C)C)[C@@H]1CO. The monoisotopic (exact) mass is 298 g/mol. The van der Waals surface area contributed by atoms with E-state index in [0.717, 1.165) is 5.57 Å². The molecule has 1 rings (SSSR count). The van der Waals surface area contributed by atoms with Gasteiger partial charge in [-0.15, -0.1) is 0 Å². The number of rotatable bonds is 3. The third-order valence-electron chi connectivity index (χ3n) is 3.66. The molecule has 0 aliphatic carbocycles. The Hall–Kier alpha value is -1.07. The van der Waals surface area contributed by atoms with Gasteiger partial charge in [0, 0.05) is 12.6 Å². The minimum Gasteiger partial charge on any atom is -0.444 e. The van der Waals surface area contributed by atoms with Gasteiger partial charge in [0.2, 0.25) is 0 Å². The molecule has 1 aliphatic heterocycles. The van der Waals surface area contributed by atoms with E-state index in [1.165, 1.54) is 0 Å². The van der Waals surface area contributed by atoms with E-state index < -0.39 is 5.60 Å². The Morgan fingerprint density at radius 3 is 2.43 bits per heavy atom. The molecule has 0 fully saturated rings. The molecule has 1 amide bonds. The molecule has 5 nitrogen and oxygen atoms in total. The van der Waals surface area contributed by atoms with E-state index in [1.807, 2.05) is 34.9 Å². The predicted octanol–water partition coefficient (Wildman–Crippen LogP) is 2.11. The van der Waals surface area contributed by atoms with E-state index in [-0.39, 0.29) is 30.7 Å². The molecule has 2 atom stereocenters. The molecule has 1 heterocycles. The summed E-state index contributed by atoms with van der Waals surface area (Å²) in [5, 5.41) is 9.75. The second-order valence-electron chi connectivity index (χ2n) is 7.18. The highest BCUT2D eigenvalue weighted by Crippen LogP contribution is 2.27. The van der Waals surface area contributed by atoms with Crippen LogP contribution in [0.1, 0.15) is 34.6 Å². The average molecular weight is 298 g/mol. The van der Waals surface area contributed by atoms with Crippen molar-refractivity contribution < 1.29 is 14.6 Å². The van der Waals surface area contributed by atoms with Crippen LogP contribution in [0.3, 0.4) is 0 Å². The van der Waals surface area contributed by atoms with Crippen molar-refractivity contribution in [2.24, 2.45) is 5.92 Å². The van der Waals surface area contributed by atoms with Crippen molar-refractivity contribution in [3.8, 4) is 0 Å². The quantitative estimate of drug-likeness (QED) is 0.811. The summed E-state index contributed by atoms with van der Waals surface area (Å²) >= 11 is 0. The fraction of sp³-hybridized carbons (Fsp3) is 0.812. The van der Waals surface area contributed by atoms with Crippen LogP contribution in [0.5, 0.6) is 0 Å². The van der Waals surface area contributed by atoms with Crippen LogP contribution in [0.4, 0.5) is 4.79 Å². The Kier molecular flexibility index (Phi) is 5.82. The minimum atomic E-state index is -0.538. The number of carbonyl (C=O) groups is 1. The number of likely N-dealkylation sites (N-methyl/N-ethyl adjacent to an activating group) is 1. The molecule has 0 unspecified atom stereocenters. The van der Waals surface area contributed by atoms with E-state index in [4.69, 9.17) is 4.74 Å². The molecule has 0 aromatic rings. The Labute approximate surface area is 128 Å². The fourth-order valence-corrected chi connectivity index (χ4v) is 2.51. The molecule has 5 heteroatoms. The van der Waals surface area contributed by atoms with E-state index in [1.54, 1.807) is 4.90 Å². The number of hydrogen-bond acceptors (Lipinski definition) is 4. The minimum absolute atomic E-state index is 0.0800. The maximum Gasteiger partial charge on any atom is 0.410 e. The lowest BCUT2D eigenvalue weighted by Crippen LogP contribution is -2.54. The number of ether oxygens (including phenoxy) is 1. The maximum absolute atomic E-state index is 12.5. The van der Waals surface area contributed by atoms with Crippen LogP contribution in [0.2, 0.25) is 0 Å². The van der Waals surface area contributed by atoms with E-state index in [9.17, 15) is 9.90 Å². The summed E-state index contributed by atoms with van der Waals surface area (Å²) in [6, 6.07) is -0.159. The zero-order chi connectivity index (χ0) is 16.4. The van der Waals surface area contributed by atoms with E-state index in [2.05, 4.69) is 24.8 Å². The second kappa shape index (κ2) is 6.79. The molecule has 0 bridgehead atoms. The number of carbonyl (C=O) groups excluding carboxylic acids is 1. The van der Waals surface area contributed by atoms with Crippen molar-refractivity contribution >= 4 is 6.09 Å². The first-order valence-corrected chi connectivity index (χ1v) is 7.55. The van der Waals surface area contributed by atoms with Gasteiger partial charge in [-0.2, -0.15) is 0 Å². The molecule has 0 aromatic carbocycles. The molecule has 0 spiro atoms. The Balaban J connectivity index is 3.07. The molecule has 1 aliphatic rings. The highest BCUT2D eigenvalue weighted by Gasteiger charge is 2.36. The predicted molar refractivity (Wildman–Crippen MR) is 84.2 cm³/mol. The molecule has 1 N–H and O–H groups in total. The molecule has 0 radical (unpaired) electrons. The van der Waals surface area contributed by atoms with Crippen LogP contribution < -0.4 is 0 Å². The van der Waals surface area contributed by atoms with Crippen molar-refractivity contribution in [2.75, 3.05) is 27.2 Å². The van der Waals surface area contributed by atoms with Crippen LogP contribution in [-0.4, -0.2) is 65.9 Å². The standard InChI is InChI=1S/C16H30N2O3/c1-11(2)13-8-12(17(6)7)9-18(14(13)10-19)15(20)21-16(3,4)5/h8,11-12,14,19H,9-10H2,1-7H3/t12-,14-/m1/s1. The summed E-state index contributed by atoms with van der Waals surface area (Å²) < 4.78 is 5.50. The summed E-state index contributed by atoms with van der Waals surface area (Å²) in [7, 11) is 3.98. The third kappa shape index (κ3) is 4.71. The Bertz CT molecular complexity index is 397. The molecule has 0 aromatic heterocycles. The van der Waals surface area contributed by atoms with Crippen molar-refractivity contribution in [1.82, 2.24) is 9.80 Å². The van der Waals surface area contributed by atoms with Crippen molar-refractivity contribution in [3.63, 3.8) is 0 Å². The molecule has 21 heavy (non-hydrogen) atoms. The Morgan fingerprint density at radius 2 is 2.05 bits per heavy atom. The topological polar surface area (TPSA) is 53.0 Å². The van der Waals surface area contributed by atoms with Crippen LogP contribution in [-0.2, 0) is 4.74 Å². The van der Waals surface area contributed by atoms with Crippen molar-refractivity contribution in [2.45, 2.75) is 52.3 Å². The number of aliphatic hydroxyl groups excluding tert-OH is 1. The van der Waals surface area contributed by atoms with Crippen molar-refractivity contribution in [1.29, 1.82) is 0 Å². The summed E-state index contributed by atoms with van der Waals surface area (Å²) in [5.41, 5.74) is 0.553. The van der Waals surface area contributed by atoms with Crippen LogP contribution in [0, 0.1) is 5.92 Å². The number of nitrogens with zero attached hydrogens (tertiary/aromatic N) is 2. The van der Waals surface area contributed by atoms with Gasteiger partial charge < -0.3 is 14.7 Å². The smallest absolute Gasteiger partial charge is 0.410 e. The lowest BCUT2D eigenvalue weighted by Gasteiger charge is -2.42. The summed E-state index contributed by atoms with van der Waals surface area (Å²) in [6.45, 7) is 10.2. The molecular formula is C16H30N2O3. The highest BCUT2D eigenvalue weighted by atomic mass is 16.6. The second-order valence-corrected chi connectivity index (χ2v) is 7.18. The zero-order valence-electron chi connectivity index (χ0n) is 14.4. The summed E-state index contributed by atoms with van der Waals surface area (Å²) in [6.07, 6.45) is 1.81. The first-order valence-electron chi connectivity index (χ1n) is 7.55.